The van der Waals surface area contributed by atoms with Gasteiger partial charge in [-0.3, -0.25) is 5.43 Å². The van der Waals surface area contributed by atoms with Crippen molar-refractivity contribution in [2.24, 2.45) is 5.84 Å². The van der Waals surface area contributed by atoms with Gasteiger partial charge in [-0.25, -0.2) is 10.8 Å². The highest BCUT2D eigenvalue weighted by Crippen LogP contribution is 2.26. The summed E-state index contributed by atoms with van der Waals surface area (Å²) in [6, 6.07) is 2.39. The van der Waals surface area contributed by atoms with E-state index in [4.69, 9.17) is 5.84 Å². The topological polar surface area (TPSA) is 79.1 Å². The maximum Gasteiger partial charge on any atom is 0.240 e. The fourth-order valence-corrected chi connectivity index (χ4v) is 3.60. The summed E-state index contributed by atoms with van der Waals surface area (Å²) in [6.07, 6.45) is 4.00. The quantitative estimate of drug-likeness (QED) is 0.581. The first kappa shape index (κ1) is 14.5. The van der Waals surface area contributed by atoms with Gasteiger partial charge in [0.25, 0.3) is 0 Å². The van der Waals surface area contributed by atoms with Gasteiger partial charge >= 0.3 is 0 Å². The molecule has 0 aliphatic carbocycles. The van der Waals surface area contributed by atoms with Crippen LogP contribution in [-0.2, 0) is 0 Å². The molecule has 21 heavy (non-hydrogen) atoms. The Morgan fingerprint density at radius 1 is 1.33 bits per heavy atom. The number of nitrogens with two attached hydrogens (primary N) is 1. The molecule has 1 saturated heterocycles. The van der Waals surface area contributed by atoms with E-state index < -0.39 is 0 Å². The first-order valence-corrected chi connectivity index (χ1v) is 8.35. The van der Waals surface area contributed by atoms with Crippen molar-refractivity contribution < 1.29 is 0 Å². The molecule has 1 atom stereocenters. The number of rotatable bonds is 5. The minimum atomic E-state index is 0.340. The normalized spacial score (nSPS) is 17.8. The minimum Gasteiger partial charge on any atom is -0.366 e. The maximum absolute atomic E-state index is 5.45. The van der Waals surface area contributed by atoms with Gasteiger partial charge in [-0.05, 0) is 44.3 Å². The predicted octanol–water partition coefficient (Wildman–Crippen LogP) is 2.26. The molecule has 0 bridgehead atoms. The van der Waals surface area contributed by atoms with E-state index >= 15 is 0 Å². The fraction of sp³-hybridized carbons (Fsp3) is 0.571. The molecule has 2 aromatic rings. The predicted molar refractivity (Wildman–Crippen MR) is 88.6 cm³/mol. The van der Waals surface area contributed by atoms with Gasteiger partial charge in [0.2, 0.25) is 5.95 Å². The number of likely N-dealkylation sites (tertiary alicyclic amines) is 1. The number of nitrogen functional groups attached to an aromatic ring is 1. The number of hydrogen-bond acceptors (Lipinski definition) is 7. The Kier molecular flexibility index (Phi) is 4.52. The highest BCUT2D eigenvalue weighted by atomic mass is 32.1. The third kappa shape index (κ3) is 3.42. The summed E-state index contributed by atoms with van der Waals surface area (Å²) in [5, 5.41) is 6.60. The lowest BCUT2D eigenvalue weighted by Gasteiger charge is -2.29. The van der Waals surface area contributed by atoms with Gasteiger partial charge in [-0.1, -0.05) is 6.42 Å². The molecule has 1 aliphatic rings. The molecule has 4 N–H and O–H groups in total. The van der Waals surface area contributed by atoms with Crippen LogP contribution in [0.5, 0.6) is 0 Å². The molecule has 7 heteroatoms. The molecule has 0 saturated carbocycles. The Bertz CT molecular complexity index is 592. The molecule has 0 radical (unpaired) electrons. The third-order valence-electron chi connectivity index (χ3n) is 3.82. The number of anilines is 2. The van der Waals surface area contributed by atoms with E-state index in [1.807, 2.05) is 5.38 Å². The summed E-state index contributed by atoms with van der Waals surface area (Å²) >= 11 is 1.60. The average molecular weight is 306 g/mol. The zero-order valence-corrected chi connectivity index (χ0v) is 13.1. The molecular weight excluding hydrogens is 284 g/mol. The van der Waals surface area contributed by atoms with Gasteiger partial charge in [0, 0.05) is 12.6 Å². The summed E-state index contributed by atoms with van der Waals surface area (Å²) in [6.45, 7) is 5.66. The van der Waals surface area contributed by atoms with E-state index in [-0.39, 0.29) is 0 Å². The number of piperidine rings is 1. The van der Waals surface area contributed by atoms with Gasteiger partial charge < -0.3 is 10.2 Å². The second-order valence-electron chi connectivity index (χ2n) is 5.59. The number of fused-ring (bicyclic) bond motifs is 1. The van der Waals surface area contributed by atoms with Crippen LogP contribution in [-0.4, -0.2) is 40.5 Å². The molecule has 3 heterocycles. The molecule has 1 aliphatic heterocycles. The molecule has 114 valence electrons. The van der Waals surface area contributed by atoms with E-state index in [2.05, 4.69) is 38.6 Å². The van der Waals surface area contributed by atoms with Crippen LogP contribution in [0.3, 0.4) is 0 Å². The number of hydrazine groups is 1. The van der Waals surface area contributed by atoms with E-state index in [0.717, 1.165) is 22.6 Å². The Hall–Kier alpha value is -1.44. The first-order chi connectivity index (χ1) is 10.3. The maximum atomic E-state index is 5.45. The summed E-state index contributed by atoms with van der Waals surface area (Å²) < 4.78 is 0. The van der Waals surface area contributed by atoms with Crippen molar-refractivity contribution in [3.63, 3.8) is 0 Å². The molecule has 2 aromatic heterocycles. The highest BCUT2D eigenvalue weighted by Gasteiger charge is 2.15. The second-order valence-corrected chi connectivity index (χ2v) is 6.48. The zero-order valence-electron chi connectivity index (χ0n) is 12.3. The Balaban J connectivity index is 1.72. The molecule has 6 nitrogen and oxygen atoms in total. The van der Waals surface area contributed by atoms with Gasteiger partial charge in [0.05, 0.1) is 5.39 Å². The summed E-state index contributed by atoms with van der Waals surface area (Å²) in [5.41, 5.74) is 2.54. The minimum absolute atomic E-state index is 0.340. The van der Waals surface area contributed by atoms with Crippen LogP contribution in [0.1, 0.15) is 26.2 Å². The van der Waals surface area contributed by atoms with Gasteiger partial charge in [0.1, 0.15) is 10.6 Å². The molecule has 0 aromatic carbocycles. The van der Waals surface area contributed by atoms with Crippen molar-refractivity contribution in [2.75, 3.05) is 30.4 Å². The fourth-order valence-electron chi connectivity index (χ4n) is 2.84. The van der Waals surface area contributed by atoms with E-state index in [9.17, 15) is 0 Å². The van der Waals surface area contributed by atoms with Crippen molar-refractivity contribution in [1.29, 1.82) is 0 Å². The molecule has 1 fully saturated rings. The van der Waals surface area contributed by atoms with Gasteiger partial charge in [0.15, 0.2) is 0 Å². The van der Waals surface area contributed by atoms with Crippen molar-refractivity contribution in [3.8, 4) is 0 Å². The van der Waals surface area contributed by atoms with Crippen LogP contribution in [0.2, 0.25) is 0 Å². The average Bonchev–Trinajstić information content (AvgIpc) is 2.96. The summed E-state index contributed by atoms with van der Waals surface area (Å²) in [4.78, 5) is 12.3. The first-order valence-electron chi connectivity index (χ1n) is 7.47. The van der Waals surface area contributed by atoms with Gasteiger partial charge in [-0.15, -0.1) is 11.3 Å². The number of nitrogens with one attached hydrogen (secondary N) is 2. The smallest absolute Gasteiger partial charge is 0.240 e. The molecule has 1 unspecified atom stereocenters. The van der Waals surface area contributed by atoms with Crippen LogP contribution < -0.4 is 16.6 Å². The number of thiophene rings is 1. The van der Waals surface area contributed by atoms with Crippen molar-refractivity contribution >= 4 is 33.3 Å². The number of hydrogen-bond donors (Lipinski definition) is 3. The SMILES string of the molecule is CC(CN1CCCCC1)Nc1nc(NN)nc2sccc12. The lowest BCUT2D eigenvalue weighted by Crippen LogP contribution is -2.38. The number of nitrogens with zero attached hydrogens (tertiary/aromatic N) is 3. The third-order valence-corrected chi connectivity index (χ3v) is 4.62. The lowest BCUT2D eigenvalue weighted by molar-refractivity contribution is 0.223. The van der Waals surface area contributed by atoms with E-state index in [0.29, 0.717) is 12.0 Å². The molecule has 0 amide bonds. The highest BCUT2D eigenvalue weighted by molar-refractivity contribution is 7.16. The largest absolute Gasteiger partial charge is 0.366 e. The Labute approximate surface area is 128 Å². The van der Waals surface area contributed by atoms with Crippen LogP contribution in [0.4, 0.5) is 11.8 Å². The van der Waals surface area contributed by atoms with Crippen LogP contribution in [0.25, 0.3) is 10.2 Å². The summed E-state index contributed by atoms with van der Waals surface area (Å²) in [7, 11) is 0. The monoisotopic (exact) mass is 306 g/mol. The van der Waals surface area contributed by atoms with Gasteiger partial charge in [-0.2, -0.15) is 4.98 Å². The van der Waals surface area contributed by atoms with Crippen LogP contribution in [0, 0.1) is 0 Å². The second kappa shape index (κ2) is 6.55. The Morgan fingerprint density at radius 3 is 2.90 bits per heavy atom. The van der Waals surface area contributed by atoms with Crippen LogP contribution in [0.15, 0.2) is 11.4 Å². The lowest BCUT2D eigenvalue weighted by atomic mass is 10.1. The molecular formula is C14H22N6S. The number of aromatic nitrogens is 2. The van der Waals surface area contributed by atoms with E-state index in [1.165, 1.54) is 32.4 Å². The van der Waals surface area contributed by atoms with Crippen molar-refractivity contribution in [2.45, 2.75) is 32.2 Å². The molecule has 3 rings (SSSR count). The van der Waals surface area contributed by atoms with Crippen molar-refractivity contribution in [3.05, 3.63) is 11.4 Å². The Morgan fingerprint density at radius 2 is 2.14 bits per heavy atom. The van der Waals surface area contributed by atoms with E-state index in [1.54, 1.807) is 11.3 Å². The van der Waals surface area contributed by atoms with Crippen molar-refractivity contribution in [1.82, 2.24) is 14.9 Å². The summed E-state index contributed by atoms with van der Waals surface area (Å²) in [5.74, 6) is 6.77. The standard InChI is InChI=1S/C14H22N6S/c1-10(9-20-6-3-2-4-7-20)16-12-11-5-8-21-13(11)18-14(17-12)19-15/h5,8,10H,2-4,6-7,9,15H2,1H3,(H2,16,17,18,19). The molecule has 0 spiro atoms. The van der Waals surface area contributed by atoms with Crippen LogP contribution >= 0.6 is 11.3 Å². The zero-order chi connectivity index (χ0) is 14.7.